The number of nitrogens with two attached hydrogens (primary N) is 1. The fourth-order valence-corrected chi connectivity index (χ4v) is 6.00. The second-order valence-corrected chi connectivity index (χ2v) is 15.0. The smallest absolute Gasteiger partial charge is 0.326 e. The minimum atomic E-state index is -1.85. The van der Waals surface area contributed by atoms with Crippen LogP contribution in [0.15, 0.2) is 60.7 Å². The monoisotopic (exact) mass is 855 g/mol. The summed E-state index contributed by atoms with van der Waals surface area (Å²) < 4.78 is 0. The predicted molar refractivity (Wildman–Crippen MR) is 218 cm³/mol. The second kappa shape index (κ2) is 25.3. The van der Waals surface area contributed by atoms with Gasteiger partial charge in [0, 0.05) is 12.8 Å². The Morgan fingerprint density at radius 2 is 0.934 bits per heavy atom. The zero-order valence-corrected chi connectivity index (χ0v) is 34.5. The Bertz CT molecular complexity index is 1830. The van der Waals surface area contributed by atoms with Crippen LogP contribution in [0.25, 0.3) is 0 Å². The molecule has 0 bridgehead atoms. The highest BCUT2D eigenvalue weighted by Crippen LogP contribution is 2.12. The lowest BCUT2D eigenvalue weighted by Gasteiger charge is -2.29. The molecular weight excluding hydrogens is 798 g/mol. The normalized spacial score (nSPS) is 14.9. The molecule has 8 atom stereocenters. The Kier molecular flexibility index (Phi) is 21.0. The molecular formula is C41H57N7O13. The number of rotatable bonds is 26. The van der Waals surface area contributed by atoms with E-state index in [9.17, 15) is 63.6 Å². The van der Waals surface area contributed by atoms with Gasteiger partial charge in [0.25, 0.3) is 0 Å². The highest BCUT2D eigenvalue weighted by atomic mass is 16.4. The van der Waals surface area contributed by atoms with Gasteiger partial charge in [0.15, 0.2) is 0 Å². The van der Waals surface area contributed by atoms with E-state index in [0.29, 0.717) is 17.5 Å². The molecule has 2 aromatic rings. The van der Waals surface area contributed by atoms with Gasteiger partial charge in [0.2, 0.25) is 35.4 Å². The first kappa shape index (κ1) is 50.7. The maximum absolute atomic E-state index is 13.9. The van der Waals surface area contributed by atoms with Crippen LogP contribution in [-0.2, 0) is 56.0 Å². The molecule has 6 amide bonds. The lowest BCUT2D eigenvalue weighted by atomic mass is 9.96. The van der Waals surface area contributed by atoms with Crippen LogP contribution in [0.1, 0.15) is 64.5 Å². The van der Waals surface area contributed by atoms with E-state index < -0.39 is 121 Å². The van der Waals surface area contributed by atoms with Crippen molar-refractivity contribution in [1.82, 2.24) is 31.9 Å². The van der Waals surface area contributed by atoms with Gasteiger partial charge in [-0.25, -0.2) is 4.79 Å². The largest absolute Gasteiger partial charge is 0.481 e. The number of aliphatic hydroxyl groups excluding tert-OH is 1. The van der Waals surface area contributed by atoms with Gasteiger partial charge in [-0.2, -0.15) is 0 Å². The van der Waals surface area contributed by atoms with Crippen molar-refractivity contribution in [2.45, 2.75) is 109 Å². The molecule has 0 saturated carbocycles. The van der Waals surface area contributed by atoms with Crippen LogP contribution in [0.2, 0.25) is 0 Å². The summed E-state index contributed by atoms with van der Waals surface area (Å²) in [5.74, 6) is -11.1. The van der Waals surface area contributed by atoms with Crippen molar-refractivity contribution >= 4 is 53.4 Å². The molecule has 0 radical (unpaired) electrons. The maximum Gasteiger partial charge on any atom is 0.326 e. The van der Waals surface area contributed by atoms with Crippen LogP contribution in [0.5, 0.6) is 0 Å². The number of benzene rings is 2. The summed E-state index contributed by atoms with van der Waals surface area (Å²) >= 11 is 0. The van der Waals surface area contributed by atoms with Gasteiger partial charge in [0.1, 0.15) is 36.3 Å². The van der Waals surface area contributed by atoms with Crippen molar-refractivity contribution < 1.29 is 63.6 Å². The number of carboxylic acid groups (broad SMARTS) is 3. The quantitative estimate of drug-likeness (QED) is 0.0531. The van der Waals surface area contributed by atoms with Crippen LogP contribution < -0.4 is 37.6 Å². The molecule has 20 heteroatoms. The van der Waals surface area contributed by atoms with E-state index in [0.717, 1.165) is 0 Å². The van der Waals surface area contributed by atoms with Crippen molar-refractivity contribution in [3.8, 4) is 0 Å². The summed E-state index contributed by atoms with van der Waals surface area (Å²) in [5, 5.41) is 52.9. The summed E-state index contributed by atoms with van der Waals surface area (Å²) in [6.45, 7) is 5.89. The second-order valence-electron chi connectivity index (χ2n) is 15.0. The Morgan fingerprint density at radius 1 is 0.541 bits per heavy atom. The molecule has 0 aromatic heterocycles. The third-order valence-corrected chi connectivity index (χ3v) is 9.51. The molecule has 61 heavy (non-hydrogen) atoms. The summed E-state index contributed by atoms with van der Waals surface area (Å²) in [6.07, 6.45) is -1.65. The van der Waals surface area contributed by atoms with Gasteiger partial charge in [0.05, 0.1) is 25.5 Å². The van der Waals surface area contributed by atoms with Gasteiger partial charge in [-0.3, -0.25) is 38.4 Å². The number of carbonyl (C=O) groups is 9. The number of hydrogen-bond donors (Lipinski definition) is 11. The molecule has 2 aromatic carbocycles. The predicted octanol–water partition coefficient (Wildman–Crippen LogP) is -1.17. The fraction of sp³-hybridized carbons (Fsp3) is 0.488. The van der Waals surface area contributed by atoms with Crippen LogP contribution in [0.4, 0.5) is 0 Å². The summed E-state index contributed by atoms with van der Waals surface area (Å²) in [6, 6.07) is 5.79. The average Bonchev–Trinajstić information content (AvgIpc) is 3.20. The van der Waals surface area contributed by atoms with Crippen LogP contribution in [0, 0.1) is 11.8 Å². The van der Waals surface area contributed by atoms with E-state index in [-0.39, 0.29) is 25.2 Å². The number of aliphatic carboxylic acids is 3. The van der Waals surface area contributed by atoms with Gasteiger partial charge < -0.3 is 58.1 Å². The average molecular weight is 856 g/mol. The van der Waals surface area contributed by atoms with E-state index >= 15 is 0 Å². The molecule has 2 rings (SSSR count). The van der Waals surface area contributed by atoms with Crippen LogP contribution in [0.3, 0.4) is 0 Å². The minimum absolute atomic E-state index is 0.0123. The topological polar surface area (TPSA) is 333 Å². The van der Waals surface area contributed by atoms with Crippen molar-refractivity contribution in [3.05, 3.63) is 71.8 Å². The Morgan fingerprint density at radius 3 is 1.38 bits per heavy atom. The minimum Gasteiger partial charge on any atom is -0.481 e. The number of hydrogen-bond acceptors (Lipinski definition) is 11. The molecule has 0 heterocycles. The molecule has 0 aliphatic rings. The van der Waals surface area contributed by atoms with Crippen molar-refractivity contribution in [1.29, 1.82) is 0 Å². The summed E-state index contributed by atoms with van der Waals surface area (Å²) in [4.78, 5) is 116. The molecule has 20 nitrogen and oxygen atoms in total. The molecule has 334 valence electrons. The van der Waals surface area contributed by atoms with Gasteiger partial charge in [-0.15, -0.1) is 0 Å². The third-order valence-electron chi connectivity index (χ3n) is 9.51. The Hall–Kier alpha value is -6.41. The highest BCUT2D eigenvalue weighted by molar-refractivity contribution is 5.98. The molecule has 12 N–H and O–H groups in total. The molecule has 0 aliphatic carbocycles. The highest BCUT2D eigenvalue weighted by Gasteiger charge is 2.36. The Balaban J connectivity index is 2.34. The van der Waals surface area contributed by atoms with E-state index in [2.05, 4.69) is 31.9 Å². The molecule has 0 aliphatic heterocycles. The molecule has 0 fully saturated rings. The summed E-state index contributed by atoms with van der Waals surface area (Å²) in [7, 11) is 0. The SMILES string of the molecule is CC[C@H](C)[C@H](NC(=O)[C@H](CC(=O)O)NC(=O)[C@@H](N)CC(C)C)C(=O)N[C@@H](Cc1ccccc1)C(=O)N[C@@H](CO)C(=O)N[C@@H](CC(=O)O)C(=O)N[C@@H](Cc1ccccc1)C(=O)O. The van der Waals surface area contributed by atoms with E-state index in [1.165, 1.54) is 0 Å². The van der Waals surface area contributed by atoms with Crippen LogP contribution >= 0.6 is 0 Å². The molecule has 0 unspecified atom stereocenters. The van der Waals surface area contributed by atoms with Crippen LogP contribution in [-0.4, -0.2) is 123 Å². The summed E-state index contributed by atoms with van der Waals surface area (Å²) in [5.41, 5.74) is 7.01. The maximum atomic E-state index is 13.9. The van der Waals surface area contributed by atoms with Gasteiger partial charge in [-0.1, -0.05) is 94.8 Å². The zero-order valence-electron chi connectivity index (χ0n) is 34.5. The molecule has 0 saturated heterocycles. The fourth-order valence-electron chi connectivity index (χ4n) is 6.00. The van der Waals surface area contributed by atoms with Gasteiger partial charge >= 0.3 is 17.9 Å². The van der Waals surface area contributed by atoms with Gasteiger partial charge in [-0.05, 0) is 29.4 Å². The standard InChI is InChI=1S/C41H57N7O13/c1-5-23(4)34(48-38(57)29(20-33(52)53)43-35(54)26(42)16-22(2)3)40(59)45-27(17-24-12-8-6-9-13-24)36(55)47-31(21-49)39(58)44-28(19-32(50)51)37(56)46-30(41(60)61)18-25-14-10-7-11-15-25/h6-15,22-23,26-31,34,49H,5,16-21,42H2,1-4H3,(H,43,54)(H,44,58)(H,45,59)(H,46,56)(H,47,55)(H,48,57)(H,50,51)(H,52,53)(H,60,61)/t23-,26-,27-,28-,29-,30-,31-,34-/m0/s1. The van der Waals surface area contributed by atoms with Crippen molar-refractivity contribution in [2.75, 3.05) is 6.61 Å². The number of carbonyl (C=O) groups excluding carboxylic acids is 6. The number of nitrogens with one attached hydrogen (secondary N) is 6. The van der Waals surface area contributed by atoms with E-state index in [1.807, 2.05) is 13.8 Å². The number of aliphatic hydroxyl groups is 1. The zero-order chi connectivity index (χ0) is 45.8. The molecule has 0 spiro atoms. The Labute approximate surface area is 352 Å². The van der Waals surface area contributed by atoms with E-state index in [4.69, 9.17) is 5.73 Å². The van der Waals surface area contributed by atoms with E-state index in [1.54, 1.807) is 74.5 Å². The third kappa shape index (κ3) is 17.8. The lowest BCUT2D eigenvalue weighted by Crippen LogP contribution is -2.61. The first-order valence-corrected chi connectivity index (χ1v) is 19.7. The van der Waals surface area contributed by atoms with Crippen molar-refractivity contribution in [3.63, 3.8) is 0 Å². The first-order chi connectivity index (χ1) is 28.7. The van der Waals surface area contributed by atoms with Crippen molar-refractivity contribution in [2.24, 2.45) is 17.6 Å². The lowest BCUT2D eigenvalue weighted by molar-refractivity contribution is -0.144. The number of carboxylic acids is 3. The number of amides is 6. The first-order valence-electron chi connectivity index (χ1n) is 19.7.